The van der Waals surface area contributed by atoms with Crippen LogP contribution in [0.25, 0.3) is 0 Å². The highest BCUT2D eigenvalue weighted by atomic mass is 35.5. The number of benzene rings is 1. The number of nitrogens with one attached hydrogen (secondary N) is 2. The number of halogens is 3. The summed E-state index contributed by atoms with van der Waals surface area (Å²) in [4.78, 5) is 0. The van der Waals surface area contributed by atoms with E-state index in [-0.39, 0.29) is 31.4 Å². The Bertz CT molecular complexity index is 300. The zero-order valence-corrected chi connectivity index (χ0v) is 12.6. The zero-order chi connectivity index (χ0) is 11.6. The van der Waals surface area contributed by atoms with Crippen LogP contribution in [-0.4, -0.2) is 31.3 Å². The highest BCUT2D eigenvalue weighted by Crippen LogP contribution is 2.09. The summed E-state index contributed by atoms with van der Waals surface area (Å²) >= 11 is 5.88. The molecule has 0 bridgehead atoms. The van der Waals surface area contributed by atoms with Gasteiger partial charge in [0.1, 0.15) is 0 Å². The first-order valence-corrected chi connectivity index (χ1v) is 5.97. The van der Waals surface area contributed by atoms with Crippen LogP contribution in [0.5, 0.6) is 0 Å². The minimum atomic E-state index is 0. The second-order valence-corrected chi connectivity index (χ2v) is 4.07. The lowest BCUT2D eigenvalue weighted by Gasteiger charge is -2.06. The Kier molecular flexibility index (Phi) is 15.1. The molecule has 0 aliphatic heterocycles. The van der Waals surface area contributed by atoms with Crippen molar-refractivity contribution in [2.45, 2.75) is 13.0 Å². The Morgan fingerprint density at radius 3 is 2.44 bits per heavy atom. The topological polar surface area (TPSA) is 44.3 Å². The quantitative estimate of drug-likeness (QED) is 0.645. The third-order valence-corrected chi connectivity index (χ3v) is 2.45. The molecular weight excluding hydrogens is 295 g/mol. The van der Waals surface area contributed by atoms with Gasteiger partial charge in [-0.2, -0.15) is 0 Å². The van der Waals surface area contributed by atoms with Crippen LogP contribution in [0.4, 0.5) is 0 Å². The summed E-state index contributed by atoms with van der Waals surface area (Å²) in [5.74, 6) is 0. The number of aliphatic hydroxyl groups is 1. The van der Waals surface area contributed by atoms with Crippen LogP contribution in [0.2, 0.25) is 5.02 Å². The molecule has 1 rings (SSSR count). The van der Waals surface area contributed by atoms with Crippen molar-refractivity contribution in [3.63, 3.8) is 0 Å². The molecule has 106 valence electrons. The molecule has 6 heteroatoms. The standard InChI is InChI=1S/C12H19ClN2O.2ClH/c13-12-4-1-3-11(9-12)10-15-6-2-5-14-7-8-16;;/h1,3-4,9,14-16H,2,5-8,10H2;2*1H. The van der Waals surface area contributed by atoms with Crippen molar-refractivity contribution in [3.05, 3.63) is 34.9 Å². The molecule has 0 heterocycles. The summed E-state index contributed by atoms with van der Waals surface area (Å²) in [6.45, 7) is 3.62. The van der Waals surface area contributed by atoms with Crippen LogP contribution in [-0.2, 0) is 6.54 Å². The Labute approximate surface area is 126 Å². The monoisotopic (exact) mass is 314 g/mol. The van der Waals surface area contributed by atoms with Gasteiger partial charge in [0.05, 0.1) is 6.61 Å². The fraction of sp³-hybridized carbons (Fsp3) is 0.500. The first-order valence-electron chi connectivity index (χ1n) is 5.59. The first kappa shape index (κ1) is 20.3. The summed E-state index contributed by atoms with van der Waals surface area (Å²) < 4.78 is 0. The molecular formula is C12H21Cl3N2O. The summed E-state index contributed by atoms with van der Waals surface area (Å²) in [7, 11) is 0. The van der Waals surface area contributed by atoms with Gasteiger partial charge in [0.25, 0.3) is 0 Å². The van der Waals surface area contributed by atoms with E-state index in [4.69, 9.17) is 16.7 Å². The molecule has 0 radical (unpaired) electrons. The van der Waals surface area contributed by atoms with E-state index >= 15 is 0 Å². The molecule has 1 aromatic rings. The van der Waals surface area contributed by atoms with Crippen LogP contribution in [0.3, 0.4) is 0 Å². The molecule has 0 saturated carbocycles. The smallest absolute Gasteiger partial charge is 0.0555 e. The fourth-order valence-electron chi connectivity index (χ4n) is 1.42. The van der Waals surface area contributed by atoms with Crippen molar-refractivity contribution < 1.29 is 5.11 Å². The van der Waals surface area contributed by atoms with Crippen LogP contribution in [0, 0.1) is 0 Å². The molecule has 3 N–H and O–H groups in total. The zero-order valence-electron chi connectivity index (χ0n) is 10.2. The highest BCUT2D eigenvalue weighted by molar-refractivity contribution is 6.30. The van der Waals surface area contributed by atoms with E-state index in [0.717, 1.165) is 31.1 Å². The van der Waals surface area contributed by atoms with Gasteiger partial charge in [-0.3, -0.25) is 0 Å². The van der Waals surface area contributed by atoms with Gasteiger partial charge in [-0.15, -0.1) is 24.8 Å². The molecule has 1 aromatic carbocycles. The van der Waals surface area contributed by atoms with Crippen LogP contribution >= 0.6 is 36.4 Å². The van der Waals surface area contributed by atoms with Crippen molar-refractivity contribution in [1.82, 2.24) is 10.6 Å². The van der Waals surface area contributed by atoms with Gasteiger partial charge in [0.2, 0.25) is 0 Å². The van der Waals surface area contributed by atoms with Crippen molar-refractivity contribution in [2.24, 2.45) is 0 Å². The molecule has 0 atom stereocenters. The van der Waals surface area contributed by atoms with Crippen LogP contribution < -0.4 is 10.6 Å². The highest BCUT2D eigenvalue weighted by Gasteiger charge is 1.93. The van der Waals surface area contributed by atoms with E-state index in [1.807, 2.05) is 18.2 Å². The van der Waals surface area contributed by atoms with Crippen LogP contribution in [0.15, 0.2) is 24.3 Å². The van der Waals surface area contributed by atoms with Gasteiger partial charge in [0.15, 0.2) is 0 Å². The minimum Gasteiger partial charge on any atom is -0.395 e. The minimum absolute atomic E-state index is 0. The number of rotatable bonds is 8. The van der Waals surface area contributed by atoms with E-state index in [1.54, 1.807) is 0 Å². The van der Waals surface area contributed by atoms with Crippen molar-refractivity contribution in [2.75, 3.05) is 26.2 Å². The lowest BCUT2D eigenvalue weighted by Crippen LogP contribution is -2.23. The Morgan fingerprint density at radius 1 is 1.06 bits per heavy atom. The van der Waals surface area contributed by atoms with Crippen molar-refractivity contribution in [3.8, 4) is 0 Å². The van der Waals surface area contributed by atoms with Gasteiger partial charge >= 0.3 is 0 Å². The molecule has 0 spiro atoms. The maximum Gasteiger partial charge on any atom is 0.0555 e. The number of hydrogen-bond acceptors (Lipinski definition) is 3. The van der Waals surface area contributed by atoms with Gasteiger partial charge in [-0.25, -0.2) is 0 Å². The molecule has 18 heavy (non-hydrogen) atoms. The average molecular weight is 316 g/mol. The fourth-order valence-corrected chi connectivity index (χ4v) is 1.63. The normalized spacial score (nSPS) is 9.44. The van der Waals surface area contributed by atoms with E-state index in [2.05, 4.69) is 16.7 Å². The Hall–Kier alpha value is -0.0300. The van der Waals surface area contributed by atoms with Gasteiger partial charge < -0.3 is 15.7 Å². The number of aliphatic hydroxyl groups excluding tert-OH is 1. The van der Waals surface area contributed by atoms with Crippen molar-refractivity contribution in [1.29, 1.82) is 0 Å². The summed E-state index contributed by atoms with van der Waals surface area (Å²) in [5, 5.41) is 15.8. The number of hydrogen-bond donors (Lipinski definition) is 3. The SMILES string of the molecule is Cl.Cl.OCCNCCCNCc1cccc(Cl)c1. The maximum atomic E-state index is 8.55. The predicted octanol–water partition coefficient (Wildman–Crippen LogP) is 2.25. The lowest BCUT2D eigenvalue weighted by molar-refractivity contribution is 0.292. The molecule has 0 aliphatic rings. The average Bonchev–Trinajstić information content (AvgIpc) is 2.28. The second-order valence-electron chi connectivity index (χ2n) is 3.63. The van der Waals surface area contributed by atoms with Gasteiger partial charge in [-0.05, 0) is 37.2 Å². The molecule has 0 aliphatic carbocycles. The molecule has 3 nitrogen and oxygen atoms in total. The third kappa shape index (κ3) is 9.95. The third-order valence-electron chi connectivity index (χ3n) is 2.21. The molecule has 0 saturated heterocycles. The van der Waals surface area contributed by atoms with Crippen molar-refractivity contribution >= 4 is 36.4 Å². The van der Waals surface area contributed by atoms with E-state index in [9.17, 15) is 0 Å². The molecule has 0 aromatic heterocycles. The largest absolute Gasteiger partial charge is 0.395 e. The summed E-state index contributed by atoms with van der Waals surface area (Å²) in [6.07, 6.45) is 1.06. The molecule has 0 unspecified atom stereocenters. The summed E-state index contributed by atoms with van der Waals surface area (Å²) in [6, 6.07) is 7.87. The van der Waals surface area contributed by atoms with E-state index < -0.39 is 0 Å². The predicted molar refractivity (Wildman–Crippen MR) is 82.2 cm³/mol. The second kappa shape index (κ2) is 13.4. The summed E-state index contributed by atoms with van der Waals surface area (Å²) in [5.41, 5.74) is 1.20. The van der Waals surface area contributed by atoms with E-state index in [0.29, 0.717) is 6.54 Å². The van der Waals surface area contributed by atoms with Gasteiger partial charge in [-0.1, -0.05) is 23.7 Å². The Morgan fingerprint density at radius 2 is 1.78 bits per heavy atom. The van der Waals surface area contributed by atoms with Crippen LogP contribution in [0.1, 0.15) is 12.0 Å². The molecule has 0 amide bonds. The first-order chi connectivity index (χ1) is 7.83. The molecule has 0 fully saturated rings. The maximum absolute atomic E-state index is 8.55. The van der Waals surface area contributed by atoms with Gasteiger partial charge in [0, 0.05) is 18.1 Å². The van der Waals surface area contributed by atoms with E-state index in [1.165, 1.54) is 5.56 Å². The lowest BCUT2D eigenvalue weighted by atomic mass is 10.2. The Balaban J connectivity index is 0.